The lowest BCUT2D eigenvalue weighted by Gasteiger charge is -2.10. The number of rotatable bonds is 7. The average Bonchev–Trinajstić information content (AvgIpc) is 3.19. The van der Waals surface area contributed by atoms with Crippen molar-refractivity contribution >= 4 is 0 Å². The molecule has 0 radical (unpaired) electrons. The monoisotopic (exact) mass is 615 g/mol. The molecule has 0 atom stereocenters. The van der Waals surface area contributed by atoms with Crippen LogP contribution in [0.3, 0.4) is 0 Å². The molecule has 48 heavy (non-hydrogen) atoms. The molecule has 0 N–H and O–H groups in total. The first-order valence-electron chi connectivity index (χ1n) is 15.8. The molecule has 0 saturated heterocycles. The number of pyridine rings is 2. The molecule has 226 valence electrons. The van der Waals surface area contributed by atoms with E-state index in [4.69, 9.17) is 19.9 Å². The molecule has 3 heterocycles. The molecule has 0 unspecified atom stereocenters. The fourth-order valence-electron chi connectivity index (χ4n) is 5.80. The summed E-state index contributed by atoms with van der Waals surface area (Å²) in [5.74, 6) is 1.94. The highest BCUT2D eigenvalue weighted by molar-refractivity contribution is 5.82. The lowest BCUT2D eigenvalue weighted by Crippen LogP contribution is -2.00. The SMILES string of the molecule is c1ccc(-c2nc(-c3ccccc3)nc(-c3ccc(-c4ccc(-c5ccc(-c6cnccc6-c6ccccc6)nc5)cc4)cc3)n2)cc1. The second-order valence-corrected chi connectivity index (χ2v) is 11.4. The number of hydrogen-bond acceptors (Lipinski definition) is 5. The summed E-state index contributed by atoms with van der Waals surface area (Å²) in [6.45, 7) is 0. The first kappa shape index (κ1) is 28.9. The minimum atomic E-state index is 0.641. The normalized spacial score (nSPS) is 10.9. The van der Waals surface area contributed by atoms with E-state index >= 15 is 0 Å². The fraction of sp³-hybridized carbons (Fsp3) is 0. The van der Waals surface area contributed by atoms with Crippen LogP contribution in [0.25, 0.3) is 78.8 Å². The zero-order valence-corrected chi connectivity index (χ0v) is 26.0. The minimum absolute atomic E-state index is 0.641. The molecule has 5 aromatic carbocycles. The van der Waals surface area contributed by atoms with Crippen molar-refractivity contribution in [2.75, 3.05) is 0 Å². The van der Waals surface area contributed by atoms with Crippen molar-refractivity contribution in [1.82, 2.24) is 24.9 Å². The van der Waals surface area contributed by atoms with Gasteiger partial charge in [-0.2, -0.15) is 0 Å². The molecule has 8 aromatic rings. The third-order valence-corrected chi connectivity index (χ3v) is 8.34. The molecule has 5 nitrogen and oxygen atoms in total. The Morgan fingerprint density at radius 3 is 1.19 bits per heavy atom. The first-order chi connectivity index (χ1) is 23.8. The Morgan fingerprint density at radius 2 is 0.708 bits per heavy atom. The zero-order valence-electron chi connectivity index (χ0n) is 26.0. The molecular formula is C43H29N5. The van der Waals surface area contributed by atoms with E-state index < -0.39 is 0 Å². The smallest absolute Gasteiger partial charge is 0.164 e. The van der Waals surface area contributed by atoms with Crippen LogP contribution in [0.1, 0.15) is 0 Å². The van der Waals surface area contributed by atoms with Crippen LogP contribution >= 0.6 is 0 Å². The van der Waals surface area contributed by atoms with Gasteiger partial charge in [0.15, 0.2) is 17.5 Å². The van der Waals surface area contributed by atoms with Crippen LogP contribution in [-0.4, -0.2) is 24.9 Å². The summed E-state index contributed by atoms with van der Waals surface area (Å²) in [6.07, 6.45) is 5.64. The van der Waals surface area contributed by atoms with E-state index in [9.17, 15) is 0 Å². The van der Waals surface area contributed by atoms with Gasteiger partial charge in [0.2, 0.25) is 0 Å². The van der Waals surface area contributed by atoms with E-state index in [-0.39, 0.29) is 0 Å². The fourth-order valence-corrected chi connectivity index (χ4v) is 5.80. The first-order valence-corrected chi connectivity index (χ1v) is 15.8. The van der Waals surface area contributed by atoms with Gasteiger partial charge in [-0.05, 0) is 39.9 Å². The largest absolute Gasteiger partial charge is 0.264 e. The van der Waals surface area contributed by atoms with E-state index in [0.29, 0.717) is 17.5 Å². The van der Waals surface area contributed by atoms with E-state index in [2.05, 4.69) is 77.8 Å². The molecule has 0 fully saturated rings. The third kappa shape index (κ3) is 6.00. The molecule has 0 amide bonds. The summed E-state index contributed by atoms with van der Waals surface area (Å²) in [5, 5.41) is 0. The number of nitrogens with zero attached hydrogens (tertiary/aromatic N) is 5. The maximum absolute atomic E-state index is 4.86. The Kier molecular flexibility index (Phi) is 7.83. The van der Waals surface area contributed by atoms with Crippen LogP contribution in [0, 0.1) is 0 Å². The highest BCUT2D eigenvalue weighted by atomic mass is 15.0. The Morgan fingerprint density at radius 1 is 0.292 bits per heavy atom. The minimum Gasteiger partial charge on any atom is -0.264 e. The molecule has 8 rings (SSSR count). The van der Waals surface area contributed by atoms with E-state index in [1.54, 1.807) is 0 Å². The summed E-state index contributed by atoms with van der Waals surface area (Å²) in [7, 11) is 0. The topological polar surface area (TPSA) is 64.5 Å². The van der Waals surface area contributed by atoms with Gasteiger partial charge in [0.1, 0.15) is 0 Å². The molecule has 3 aromatic heterocycles. The van der Waals surface area contributed by atoms with Crippen molar-refractivity contribution < 1.29 is 0 Å². The molecule has 5 heteroatoms. The zero-order chi connectivity index (χ0) is 32.1. The molecular weight excluding hydrogens is 587 g/mol. The van der Waals surface area contributed by atoms with Crippen LogP contribution in [0.5, 0.6) is 0 Å². The average molecular weight is 616 g/mol. The van der Waals surface area contributed by atoms with Crippen LogP contribution < -0.4 is 0 Å². The van der Waals surface area contributed by atoms with Gasteiger partial charge in [-0.3, -0.25) is 9.97 Å². The van der Waals surface area contributed by atoms with Crippen LogP contribution in [0.15, 0.2) is 176 Å². The van der Waals surface area contributed by atoms with Gasteiger partial charge in [-0.25, -0.2) is 15.0 Å². The van der Waals surface area contributed by atoms with Gasteiger partial charge >= 0.3 is 0 Å². The van der Waals surface area contributed by atoms with Crippen molar-refractivity contribution in [3.05, 3.63) is 176 Å². The third-order valence-electron chi connectivity index (χ3n) is 8.34. The van der Waals surface area contributed by atoms with E-state index in [0.717, 1.165) is 61.3 Å². The summed E-state index contributed by atoms with van der Waals surface area (Å²) in [4.78, 5) is 23.7. The number of benzene rings is 5. The Labute approximate surface area is 279 Å². The Balaban J connectivity index is 1.04. The molecule has 0 bridgehead atoms. The molecule has 0 aliphatic rings. The number of hydrogen-bond donors (Lipinski definition) is 0. The maximum atomic E-state index is 4.86. The van der Waals surface area contributed by atoms with Crippen molar-refractivity contribution in [1.29, 1.82) is 0 Å². The van der Waals surface area contributed by atoms with E-state index in [1.807, 2.05) is 104 Å². The highest BCUT2D eigenvalue weighted by Crippen LogP contribution is 2.32. The van der Waals surface area contributed by atoms with Gasteiger partial charge in [0.05, 0.1) is 5.69 Å². The molecule has 0 aliphatic heterocycles. The van der Waals surface area contributed by atoms with Gasteiger partial charge in [0.25, 0.3) is 0 Å². The second kappa shape index (κ2) is 13.0. The lowest BCUT2D eigenvalue weighted by molar-refractivity contribution is 1.07. The van der Waals surface area contributed by atoms with Crippen LogP contribution in [0.2, 0.25) is 0 Å². The molecule has 0 aliphatic carbocycles. The van der Waals surface area contributed by atoms with E-state index in [1.165, 1.54) is 0 Å². The van der Waals surface area contributed by atoms with Gasteiger partial charge < -0.3 is 0 Å². The predicted molar refractivity (Wildman–Crippen MR) is 193 cm³/mol. The Bertz CT molecular complexity index is 2230. The standard InChI is InChI=1S/C43H29N5/c1-4-10-33(11-5-1)38-26-27-44-29-39(38)40-25-24-37(28-45-40)32-18-16-30(17-19-32)31-20-22-36(23-21-31)43-47-41(34-12-6-2-7-13-34)46-42(48-43)35-14-8-3-9-15-35/h1-29H. The molecule has 0 spiro atoms. The van der Waals surface area contributed by atoms with Gasteiger partial charge in [-0.15, -0.1) is 0 Å². The van der Waals surface area contributed by atoms with Crippen molar-refractivity contribution in [2.24, 2.45) is 0 Å². The lowest BCUT2D eigenvalue weighted by atomic mass is 9.98. The predicted octanol–water partition coefficient (Wildman–Crippen LogP) is 10.3. The summed E-state index contributed by atoms with van der Waals surface area (Å²) in [5.41, 5.74) is 11.4. The van der Waals surface area contributed by atoms with Crippen molar-refractivity contribution in [3.63, 3.8) is 0 Å². The van der Waals surface area contributed by atoms with Crippen LogP contribution in [0.4, 0.5) is 0 Å². The van der Waals surface area contributed by atoms with Crippen LogP contribution in [-0.2, 0) is 0 Å². The number of aromatic nitrogens is 5. The maximum Gasteiger partial charge on any atom is 0.164 e. The van der Waals surface area contributed by atoms with Gasteiger partial charge in [-0.1, -0.05) is 146 Å². The Hall–Kier alpha value is -6.59. The molecule has 0 saturated carbocycles. The van der Waals surface area contributed by atoms with Gasteiger partial charge in [0, 0.05) is 46.4 Å². The summed E-state index contributed by atoms with van der Waals surface area (Å²) >= 11 is 0. The summed E-state index contributed by atoms with van der Waals surface area (Å²) < 4.78 is 0. The van der Waals surface area contributed by atoms with Crippen molar-refractivity contribution in [2.45, 2.75) is 0 Å². The van der Waals surface area contributed by atoms with Crippen molar-refractivity contribution in [3.8, 4) is 78.8 Å². The quantitative estimate of drug-likeness (QED) is 0.178. The highest BCUT2D eigenvalue weighted by Gasteiger charge is 2.13. The summed E-state index contributed by atoms with van der Waals surface area (Å²) in [6, 6.07) is 53.6. The second-order valence-electron chi connectivity index (χ2n) is 11.4.